The van der Waals surface area contributed by atoms with E-state index in [0.717, 1.165) is 25.3 Å². The highest BCUT2D eigenvalue weighted by molar-refractivity contribution is 4.88. The summed E-state index contributed by atoms with van der Waals surface area (Å²) in [4.78, 5) is 2.48. The van der Waals surface area contributed by atoms with Crippen LogP contribution < -0.4 is 0 Å². The molecule has 2 fully saturated rings. The highest BCUT2D eigenvalue weighted by Crippen LogP contribution is 2.31. The van der Waals surface area contributed by atoms with Gasteiger partial charge in [-0.15, -0.1) is 0 Å². The maximum absolute atomic E-state index is 9.85. The van der Waals surface area contributed by atoms with Crippen LogP contribution in [0.5, 0.6) is 0 Å². The van der Waals surface area contributed by atoms with E-state index in [9.17, 15) is 5.11 Å². The molecular weight excluding hydrogens is 138 g/mol. The lowest BCUT2D eigenvalue weighted by molar-refractivity contribution is 0.0300. The van der Waals surface area contributed by atoms with Crippen LogP contribution in [-0.2, 0) is 0 Å². The second-order valence-electron chi connectivity index (χ2n) is 4.41. The van der Waals surface area contributed by atoms with Gasteiger partial charge in [-0.2, -0.15) is 0 Å². The summed E-state index contributed by atoms with van der Waals surface area (Å²) in [7, 11) is 0. The van der Waals surface area contributed by atoms with Gasteiger partial charge in [-0.3, -0.25) is 0 Å². The summed E-state index contributed by atoms with van der Waals surface area (Å²) < 4.78 is 0. The van der Waals surface area contributed by atoms with Crippen molar-refractivity contribution in [2.24, 2.45) is 5.92 Å². The smallest absolute Gasteiger partial charge is 0.0635 e. The third-order valence-electron chi connectivity index (χ3n) is 3.07. The molecule has 2 aliphatic rings. The number of fused-ring (bicyclic) bond motifs is 2. The largest absolute Gasteiger partial charge is 0.390 e. The maximum atomic E-state index is 9.85. The Morgan fingerprint density at radius 2 is 2.27 bits per heavy atom. The molecule has 2 saturated heterocycles. The summed E-state index contributed by atoms with van der Waals surface area (Å²) in [6, 6.07) is 0. The third kappa shape index (κ3) is 1.57. The fourth-order valence-corrected chi connectivity index (χ4v) is 2.41. The minimum atomic E-state index is -0.375. The minimum Gasteiger partial charge on any atom is -0.390 e. The first kappa shape index (κ1) is 7.56. The zero-order chi connectivity index (χ0) is 7.90. The topological polar surface area (TPSA) is 23.5 Å². The summed E-state index contributed by atoms with van der Waals surface area (Å²) in [6.07, 6.45) is 3.28. The predicted molar refractivity (Wildman–Crippen MR) is 44.4 cm³/mol. The van der Waals surface area contributed by atoms with Crippen molar-refractivity contribution in [2.45, 2.75) is 31.8 Å². The van der Waals surface area contributed by atoms with Crippen molar-refractivity contribution in [3.05, 3.63) is 0 Å². The average molecular weight is 155 g/mol. The standard InChI is InChI=1S/C9H17NO/c1-9(11)3-5-10-4-2-8(6-9)7-10/h8,11H,2-7H2,1H3. The van der Waals surface area contributed by atoms with Crippen molar-refractivity contribution >= 4 is 0 Å². The molecule has 0 saturated carbocycles. The van der Waals surface area contributed by atoms with Gasteiger partial charge in [-0.1, -0.05) is 0 Å². The van der Waals surface area contributed by atoms with Gasteiger partial charge in [-0.05, 0) is 38.6 Å². The van der Waals surface area contributed by atoms with Crippen LogP contribution >= 0.6 is 0 Å². The van der Waals surface area contributed by atoms with Crippen molar-refractivity contribution < 1.29 is 5.11 Å². The monoisotopic (exact) mass is 155 g/mol. The Hall–Kier alpha value is -0.0800. The first-order chi connectivity index (χ1) is 5.16. The molecular formula is C9H17NO. The summed E-state index contributed by atoms with van der Waals surface area (Å²) in [5, 5.41) is 9.85. The van der Waals surface area contributed by atoms with Crippen LogP contribution in [0.15, 0.2) is 0 Å². The number of hydrogen-bond donors (Lipinski definition) is 1. The molecule has 2 heterocycles. The molecule has 2 heteroatoms. The lowest BCUT2D eigenvalue weighted by Gasteiger charge is -2.25. The summed E-state index contributed by atoms with van der Waals surface area (Å²) in [5.74, 6) is 0.771. The number of hydrogen-bond acceptors (Lipinski definition) is 2. The number of rotatable bonds is 0. The van der Waals surface area contributed by atoms with Crippen LogP contribution in [0, 0.1) is 5.92 Å². The van der Waals surface area contributed by atoms with E-state index < -0.39 is 0 Å². The molecule has 3 atom stereocenters. The van der Waals surface area contributed by atoms with Crippen LogP contribution in [0.25, 0.3) is 0 Å². The molecule has 0 aromatic heterocycles. The van der Waals surface area contributed by atoms with Gasteiger partial charge < -0.3 is 10.0 Å². The molecule has 0 aliphatic carbocycles. The van der Waals surface area contributed by atoms with Crippen LogP contribution in [-0.4, -0.2) is 35.2 Å². The van der Waals surface area contributed by atoms with Crippen molar-refractivity contribution in [1.29, 1.82) is 0 Å². The first-order valence-electron chi connectivity index (χ1n) is 4.60. The first-order valence-corrected chi connectivity index (χ1v) is 4.60. The summed E-state index contributed by atoms with van der Waals surface area (Å²) in [6.45, 7) is 5.58. The molecule has 64 valence electrons. The minimum absolute atomic E-state index is 0.375. The molecule has 2 aliphatic heterocycles. The molecule has 0 radical (unpaired) electrons. The Kier molecular flexibility index (Phi) is 1.69. The molecule has 0 amide bonds. The van der Waals surface area contributed by atoms with E-state index in [4.69, 9.17) is 0 Å². The highest BCUT2D eigenvalue weighted by Gasteiger charge is 2.34. The molecule has 11 heavy (non-hydrogen) atoms. The number of nitrogens with zero attached hydrogens (tertiary/aromatic N) is 1. The Balaban J connectivity index is 2.05. The maximum Gasteiger partial charge on any atom is 0.0635 e. The van der Waals surface area contributed by atoms with E-state index in [1.54, 1.807) is 0 Å². The van der Waals surface area contributed by atoms with Gasteiger partial charge in [0.15, 0.2) is 0 Å². The highest BCUT2D eigenvalue weighted by atomic mass is 16.3. The van der Waals surface area contributed by atoms with Gasteiger partial charge in [0, 0.05) is 13.1 Å². The molecule has 2 nitrogen and oxygen atoms in total. The molecule has 0 aromatic rings. The lowest BCUT2D eigenvalue weighted by Crippen LogP contribution is -2.29. The molecule has 0 spiro atoms. The third-order valence-corrected chi connectivity index (χ3v) is 3.07. The summed E-state index contributed by atoms with van der Waals surface area (Å²) in [5.41, 5.74) is -0.375. The van der Waals surface area contributed by atoms with Crippen LogP contribution in [0.1, 0.15) is 26.2 Å². The zero-order valence-electron chi connectivity index (χ0n) is 7.21. The van der Waals surface area contributed by atoms with Gasteiger partial charge >= 0.3 is 0 Å². The van der Waals surface area contributed by atoms with Gasteiger partial charge in [0.05, 0.1) is 5.60 Å². The SMILES string of the molecule is CC1(O)CCN2CCC(C2)C1. The van der Waals surface area contributed by atoms with Crippen LogP contribution in [0.4, 0.5) is 0 Å². The number of aliphatic hydroxyl groups is 1. The molecule has 3 unspecified atom stereocenters. The van der Waals surface area contributed by atoms with Crippen molar-refractivity contribution in [2.75, 3.05) is 19.6 Å². The van der Waals surface area contributed by atoms with E-state index in [-0.39, 0.29) is 5.60 Å². The van der Waals surface area contributed by atoms with E-state index in [1.807, 2.05) is 6.92 Å². The Morgan fingerprint density at radius 1 is 1.45 bits per heavy atom. The Bertz CT molecular complexity index is 156. The van der Waals surface area contributed by atoms with E-state index in [0.29, 0.717) is 0 Å². The van der Waals surface area contributed by atoms with Crippen LogP contribution in [0.3, 0.4) is 0 Å². The van der Waals surface area contributed by atoms with Crippen molar-refractivity contribution in [1.82, 2.24) is 4.90 Å². The van der Waals surface area contributed by atoms with Gasteiger partial charge in [0.1, 0.15) is 0 Å². The fourth-order valence-electron chi connectivity index (χ4n) is 2.41. The predicted octanol–water partition coefficient (Wildman–Crippen LogP) is 0.853. The van der Waals surface area contributed by atoms with Gasteiger partial charge in [0.2, 0.25) is 0 Å². The Morgan fingerprint density at radius 3 is 3.09 bits per heavy atom. The molecule has 1 N–H and O–H groups in total. The average Bonchev–Trinajstić information content (AvgIpc) is 2.24. The van der Waals surface area contributed by atoms with Gasteiger partial charge in [-0.25, -0.2) is 0 Å². The van der Waals surface area contributed by atoms with Crippen LogP contribution in [0.2, 0.25) is 0 Å². The zero-order valence-corrected chi connectivity index (χ0v) is 7.21. The lowest BCUT2D eigenvalue weighted by atomic mass is 9.89. The molecule has 2 rings (SSSR count). The van der Waals surface area contributed by atoms with Crippen molar-refractivity contribution in [3.8, 4) is 0 Å². The second-order valence-corrected chi connectivity index (χ2v) is 4.41. The van der Waals surface area contributed by atoms with Gasteiger partial charge in [0.25, 0.3) is 0 Å². The van der Waals surface area contributed by atoms with E-state index in [1.165, 1.54) is 19.5 Å². The van der Waals surface area contributed by atoms with Crippen molar-refractivity contribution in [3.63, 3.8) is 0 Å². The Labute approximate surface area is 68.2 Å². The molecule has 0 aromatic carbocycles. The van der Waals surface area contributed by atoms with E-state index in [2.05, 4.69) is 4.90 Å². The normalized spacial score (nSPS) is 50.7. The van der Waals surface area contributed by atoms with E-state index >= 15 is 0 Å². The second kappa shape index (κ2) is 2.46. The quantitative estimate of drug-likeness (QED) is 0.560. The fraction of sp³-hybridized carbons (Fsp3) is 1.00. The molecule has 2 bridgehead atoms. The summed E-state index contributed by atoms with van der Waals surface area (Å²) >= 11 is 0.